The maximum atomic E-state index is 11.4. The topological polar surface area (TPSA) is 26.3 Å². The molecule has 19 heavy (non-hydrogen) atoms. The highest BCUT2D eigenvalue weighted by atomic mass is 16.5. The molecule has 0 bridgehead atoms. The normalized spacial score (nSPS) is 10.6. The van der Waals surface area contributed by atoms with E-state index in [1.54, 1.807) is 0 Å². The van der Waals surface area contributed by atoms with Crippen LogP contribution >= 0.6 is 0 Å². The second-order valence-electron chi connectivity index (χ2n) is 5.51. The van der Waals surface area contributed by atoms with Gasteiger partial charge < -0.3 is 4.74 Å². The van der Waals surface area contributed by atoms with Crippen molar-refractivity contribution in [2.24, 2.45) is 0 Å². The van der Waals surface area contributed by atoms with Crippen LogP contribution in [0.4, 0.5) is 0 Å². The molecule has 0 N–H and O–H groups in total. The second-order valence-corrected chi connectivity index (χ2v) is 5.51. The van der Waals surface area contributed by atoms with Gasteiger partial charge in [-0.1, -0.05) is 78.1 Å². The summed E-state index contributed by atoms with van der Waals surface area (Å²) in [5.41, 5.74) is 0. The molecule has 0 saturated heterocycles. The summed E-state index contributed by atoms with van der Waals surface area (Å²) in [7, 11) is 0. The SMILES string of the molecule is CCCCCCCCOC(=O)CCCCCCCC. The molecule has 0 aromatic heterocycles. The summed E-state index contributed by atoms with van der Waals surface area (Å²) >= 11 is 0. The number of hydrogen-bond donors (Lipinski definition) is 0. The number of rotatable bonds is 14. The first-order valence-corrected chi connectivity index (χ1v) is 8.46. The first-order valence-electron chi connectivity index (χ1n) is 8.46. The Kier molecular flexibility index (Phi) is 15.1. The molecule has 0 amide bonds. The van der Waals surface area contributed by atoms with E-state index < -0.39 is 0 Å². The van der Waals surface area contributed by atoms with Crippen molar-refractivity contribution in [3.05, 3.63) is 0 Å². The minimum Gasteiger partial charge on any atom is -0.466 e. The molecule has 2 nitrogen and oxygen atoms in total. The lowest BCUT2D eigenvalue weighted by molar-refractivity contribution is -0.143. The van der Waals surface area contributed by atoms with Gasteiger partial charge in [0, 0.05) is 6.42 Å². The van der Waals surface area contributed by atoms with Crippen LogP contribution < -0.4 is 0 Å². The van der Waals surface area contributed by atoms with Crippen molar-refractivity contribution in [2.75, 3.05) is 6.61 Å². The summed E-state index contributed by atoms with van der Waals surface area (Å²) in [6.45, 7) is 5.07. The van der Waals surface area contributed by atoms with Crippen molar-refractivity contribution in [1.82, 2.24) is 0 Å². The number of hydrogen-bond acceptors (Lipinski definition) is 2. The summed E-state index contributed by atoms with van der Waals surface area (Å²) in [5.74, 6) is 0.00375. The minimum atomic E-state index is 0.00375. The van der Waals surface area contributed by atoms with Gasteiger partial charge in [-0.3, -0.25) is 4.79 Å². The Morgan fingerprint density at radius 2 is 1.16 bits per heavy atom. The van der Waals surface area contributed by atoms with Crippen LogP contribution in [-0.4, -0.2) is 12.6 Å². The van der Waals surface area contributed by atoms with Crippen LogP contribution in [0.25, 0.3) is 0 Å². The van der Waals surface area contributed by atoms with Crippen LogP contribution in [0.5, 0.6) is 0 Å². The van der Waals surface area contributed by atoms with E-state index in [1.807, 2.05) is 0 Å². The van der Waals surface area contributed by atoms with Crippen molar-refractivity contribution >= 4 is 5.97 Å². The van der Waals surface area contributed by atoms with E-state index in [1.165, 1.54) is 64.2 Å². The van der Waals surface area contributed by atoms with Crippen LogP contribution in [0.15, 0.2) is 0 Å². The van der Waals surface area contributed by atoms with Gasteiger partial charge in [0.05, 0.1) is 6.61 Å². The van der Waals surface area contributed by atoms with Crippen LogP contribution in [0.3, 0.4) is 0 Å². The van der Waals surface area contributed by atoms with E-state index in [0.29, 0.717) is 13.0 Å². The van der Waals surface area contributed by atoms with Crippen molar-refractivity contribution < 1.29 is 9.53 Å². The van der Waals surface area contributed by atoms with Gasteiger partial charge in [0.1, 0.15) is 0 Å². The lowest BCUT2D eigenvalue weighted by atomic mass is 10.1. The van der Waals surface area contributed by atoms with Crippen molar-refractivity contribution in [3.63, 3.8) is 0 Å². The van der Waals surface area contributed by atoms with E-state index >= 15 is 0 Å². The number of esters is 1. The molecule has 0 aliphatic heterocycles. The predicted octanol–water partition coefficient (Wildman–Crippen LogP) is 5.64. The van der Waals surface area contributed by atoms with Crippen LogP contribution in [-0.2, 0) is 9.53 Å². The Labute approximate surface area is 120 Å². The van der Waals surface area contributed by atoms with Gasteiger partial charge in [-0.15, -0.1) is 0 Å². The Hall–Kier alpha value is -0.530. The lowest BCUT2D eigenvalue weighted by Crippen LogP contribution is -2.05. The summed E-state index contributed by atoms with van der Waals surface area (Å²) in [6.07, 6.45) is 15.4. The van der Waals surface area contributed by atoms with Crippen molar-refractivity contribution in [3.8, 4) is 0 Å². The molecule has 0 unspecified atom stereocenters. The largest absolute Gasteiger partial charge is 0.466 e. The molecule has 0 radical (unpaired) electrons. The van der Waals surface area contributed by atoms with E-state index in [0.717, 1.165) is 12.8 Å². The number of carbonyl (C=O) groups is 1. The number of carbonyl (C=O) groups excluding carboxylic acids is 1. The highest BCUT2D eigenvalue weighted by Crippen LogP contribution is 2.08. The third-order valence-electron chi connectivity index (χ3n) is 3.50. The molecule has 0 fully saturated rings. The van der Waals surface area contributed by atoms with Crippen molar-refractivity contribution in [1.29, 1.82) is 0 Å². The van der Waals surface area contributed by atoms with E-state index in [2.05, 4.69) is 13.8 Å². The molecule has 0 spiro atoms. The molecular formula is C17H34O2. The van der Waals surface area contributed by atoms with Crippen LogP contribution in [0, 0.1) is 0 Å². The van der Waals surface area contributed by atoms with Gasteiger partial charge in [0.25, 0.3) is 0 Å². The summed E-state index contributed by atoms with van der Waals surface area (Å²) < 4.78 is 5.24. The Morgan fingerprint density at radius 1 is 0.684 bits per heavy atom. The van der Waals surface area contributed by atoms with Gasteiger partial charge in [-0.05, 0) is 12.8 Å². The average molecular weight is 270 g/mol. The van der Waals surface area contributed by atoms with Gasteiger partial charge in [0.2, 0.25) is 0 Å². The van der Waals surface area contributed by atoms with Gasteiger partial charge in [-0.25, -0.2) is 0 Å². The van der Waals surface area contributed by atoms with E-state index in [-0.39, 0.29) is 5.97 Å². The summed E-state index contributed by atoms with van der Waals surface area (Å²) in [6, 6.07) is 0. The molecular weight excluding hydrogens is 236 g/mol. The highest BCUT2D eigenvalue weighted by molar-refractivity contribution is 5.69. The molecule has 0 aromatic carbocycles. The Bertz CT molecular complexity index is 190. The standard InChI is InChI=1S/C17H34O2/c1-3-5-7-9-11-13-15-17(18)19-16-14-12-10-8-6-4-2/h3-16H2,1-2H3. The average Bonchev–Trinajstić information content (AvgIpc) is 2.41. The smallest absolute Gasteiger partial charge is 0.305 e. The fraction of sp³-hybridized carbons (Fsp3) is 0.941. The predicted molar refractivity (Wildman–Crippen MR) is 82.3 cm³/mol. The lowest BCUT2D eigenvalue weighted by Gasteiger charge is -2.05. The fourth-order valence-corrected chi connectivity index (χ4v) is 2.19. The molecule has 0 heterocycles. The first-order chi connectivity index (χ1) is 9.31. The minimum absolute atomic E-state index is 0.00375. The van der Waals surface area contributed by atoms with Crippen LogP contribution in [0.2, 0.25) is 0 Å². The maximum absolute atomic E-state index is 11.4. The molecule has 0 aromatic rings. The summed E-state index contributed by atoms with van der Waals surface area (Å²) in [4.78, 5) is 11.4. The third-order valence-corrected chi connectivity index (χ3v) is 3.50. The maximum Gasteiger partial charge on any atom is 0.305 e. The van der Waals surface area contributed by atoms with E-state index in [4.69, 9.17) is 4.74 Å². The third kappa shape index (κ3) is 15.4. The quantitative estimate of drug-likeness (QED) is 0.301. The second kappa shape index (κ2) is 15.5. The van der Waals surface area contributed by atoms with E-state index in [9.17, 15) is 4.79 Å². The molecule has 0 aliphatic carbocycles. The Morgan fingerprint density at radius 3 is 1.74 bits per heavy atom. The molecule has 0 saturated carbocycles. The molecule has 0 rings (SSSR count). The molecule has 114 valence electrons. The first kappa shape index (κ1) is 18.5. The fourth-order valence-electron chi connectivity index (χ4n) is 2.19. The Balaban J connectivity index is 3.13. The number of unbranched alkanes of at least 4 members (excludes halogenated alkanes) is 10. The summed E-state index contributed by atoms with van der Waals surface area (Å²) in [5, 5.41) is 0. The highest BCUT2D eigenvalue weighted by Gasteiger charge is 2.02. The zero-order valence-electron chi connectivity index (χ0n) is 13.2. The molecule has 0 atom stereocenters. The number of ether oxygens (including phenoxy) is 1. The van der Waals surface area contributed by atoms with Crippen LogP contribution in [0.1, 0.15) is 97.3 Å². The molecule has 2 heteroatoms. The zero-order valence-corrected chi connectivity index (χ0v) is 13.2. The molecule has 0 aliphatic rings. The van der Waals surface area contributed by atoms with Crippen molar-refractivity contribution in [2.45, 2.75) is 97.3 Å². The zero-order chi connectivity index (χ0) is 14.2. The van der Waals surface area contributed by atoms with Gasteiger partial charge in [0.15, 0.2) is 0 Å². The van der Waals surface area contributed by atoms with Gasteiger partial charge >= 0.3 is 5.97 Å². The van der Waals surface area contributed by atoms with Gasteiger partial charge in [-0.2, -0.15) is 0 Å². The monoisotopic (exact) mass is 270 g/mol.